The van der Waals surface area contributed by atoms with E-state index < -0.39 is 5.82 Å². The molecule has 176 valence electrons. The number of hydrogen-bond donors (Lipinski definition) is 1. The van der Waals surface area contributed by atoms with Gasteiger partial charge in [-0.05, 0) is 30.3 Å². The Labute approximate surface area is 202 Å². The zero-order valence-corrected chi connectivity index (χ0v) is 19.4. The second kappa shape index (κ2) is 9.90. The maximum Gasteiger partial charge on any atom is 0.228 e. The molecule has 10 heteroatoms. The van der Waals surface area contributed by atoms with Crippen molar-refractivity contribution in [3.8, 4) is 11.3 Å². The Morgan fingerprint density at radius 1 is 0.941 bits per heavy atom. The summed E-state index contributed by atoms with van der Waals surface area (Å²) in [5.74, 6) is 1.83. The standard InChI is InChI=1S/C24H25ClFN7O/c25-19-14-17(3-4-20(19)26)21-15-22(30-24(29-21)33-10-12-34-13-11-33)31-6-8-32(9-7-31)23-18(16-27)2-1-5-28-23/h1-5,14-16,27H,6-13H2. The lowest BCUT2D eigenvalue weighted by molar-refractivity contribution is 0.122. The van der Waals surface area contributed by atoms with E-state index in [9.17, 15) is 4.39 Å². The minimum absolute atomic E-state index is 0.0663. The number of hydrogen-bond acceptors (Lipinski definition) is 8. The zero-order valence-electron chi connectivity index (χ0n) is 18.6. The highest BCUT2D eigenvalue weighted by molar-refractivity contribution is 6.31. The van der Waals surface area contributed by atoms with E-state index in [0.717, 1.165) is 48.9 Å². The van der Waals surface area contributed by atoms with Crippen LogP contribution in [0.4, 0.5) is 22.0 Å². The normalized spacial score (nSPS) is 16.6. The van der Waals surface area contributed by atoms with Crippen LogP contribution in [0, 0.1) is 11.2 Å². The number of ether oxygens (including phenoxy) is 1. The summed E-state index contributed by atoms with van der Waals surface area (Å²) >= 11 is 6.06. The molecule has 1 N–H and O–H groups in total. The van der Waals surface area contributed by atoms with E-state index >= 15 is 0 Å². The van der Waals surface area contributed by atoms with E-state index in [1.54, 1.807) is 18.3 Å². The highest BCUT2D eigenvalue weighted by Gasteiger charge is 2.23. The maximum absolute atomic E-state index is 13.8. The smallest absolute Gasteiger partial charge is 0.228 e. The molecule has 0 amide bonds. The highest BCUT2D eigenvalue weighted by Crippen LogP contribution is 2.29. The van der Waals surface area contributed by atoms with E-state index in [1.807, 2.05) is 18.2 Å². The van der Waals surface area contributed by atoms with E-state index in [0.29, 0.717) is 37.9 Å². The van der Waals surface area contributed by atoms with Crippen LogP contribution < -0.4 is 14.7 Å². The minimum Gasteiger partial charge on any atom is -0.378 e. The molecule has 0 bridgehead atoms. The highest BCUT2D eigenvalue weighted by atomic mass is 35.5. The first-order valence-electron chi connectivity index (χ1n) is 11.2. The molecule has 0 saturated carbocycles. The Morgan fingerprint density at radius 2 is 1.71 bits per heavy atom. The first kappa shape index (κ1) is 22.5. The number of anilines is 3. The van der Waals surface area contributed by atoms with Gasteiger partial charge < -0.3 is 24.8 Å². The van der Waals surface area contributed by atoms with Crippen LogP contribution in [-0.2, 0) is 4.74 Å². The largest absolute Gasteiger partial charge is 0.378 e. The number of aromatic nitrogens is 3. The molecule has 2 aliphatic rings. The van der Waals surface area contributed by atoms with Gasteiger partial charge in [0.25, 0.3) is 0 Å². The van der Waals surface area contributed by atoms with Crippen molar-refractivity contribution in [3.05, 3.63) is 59.0 Å². The molecule has 0 aliphatic carbocycles. The monoisotopic (exact) mass is 481 g/mol. The van der Waals surface area contributed by atoms with Gasteiger partial charge in [0.15, 0.2) is 0 Å². The number of morpholine rings is 1. The van der Waals surface area contributed by atoms with Gasteiger partial charge >= 0.3 is 0 Å². The predicted octanol–water partition coefficient (Wildman–Crippen LogP) is 3.49. The van der Waals surface area contributed by atoms with Crippen molar-refractivity contribution < 1.29 is 9.13 Å². The van der Waals surface area contributed by atoms with Gasteiger partial charge in [-0.2, -0.15) is 4.98 Å². The van der Waals surface area contributed by atoms with Gasteiger partial charge in [-0.15, -0.1) is 0 Å². The summed E-state index contributed by atoms with van der Waals surface area (Å²) < 4.78 is 19.3. The van der Waals surface area contributed by atoms with Crippen LogP contribution in [-0.4, -0.2) is 73.6 Å². The summed E-state index contributed by atoms with van der Waals surface area (Å²) in [6, 6.07) is 10.3. The number of pyridine rings is 1. The topological polar surface area (TPSA) is 81.5 Å². The van der Waals surface area contributed by atoms with Gasteiger partial charge in [-0.1, -0.05) is 11.6 Å². The molecule has 2 aromatic heterocycles. The molecular formula is C24H25ClFN7O. The van der Waals surface area contributed by atoms with Crippen LogP contribution in [0.2, 0.25) is 5.02 Å². The Morgan fingerprint density at radius 3 is 2.44 bits per heavy atom. The number of halogens is 2. The average molecular weight is 482 g/mol. The van der Waals surface area contributed by atoms with Gasteiger partial charge in [0, 0.05) is 68.9 Å². The fourth-order valence-electron chi connectivity index (χ4n) is 4.23. The molecular weight excluding hydrogens is 457 g/mol. The Kier molecular flexibility index (Phi) is 6.55. The summed E-state index contributed by atoms with van der Waals surface area (Å²) in [6.45, 7) is 5.69. The summed E-state index contributed by atoms with van der Waals surface area (Å²) in [5.41, 5.74) is 2.25. The van der Waals surface area contributed by atoms with Crippen LogP contribution in [0.25, 0.3) is 11.3 Å². The van der Waals surface area contributed by atoms with Crippen molar-refractivity contribution in [1.29, 1.82) is 5.41 Å². The first-order chi connectivity index (χ1) is 16.6. The fourth-order valence-corrected chi connectivity index (χ4v) is 4.41. The van der Waals surface area contributed by atoms with E-state index in [2.05, 4.69) is 19.7 Å². The van der Waals surface area contributed by atoms with Crippen LogP contribution in [0.5, 0.6) is 0 Å². The summed E-state index contributed by atoms with van der Waals surface area (Å²) in [7, 11) is 0. The predicted molar refractivity (Wildman–Crippen MR) is 132 cm³/mol. The molecule has 2 saturated heterocycles. The second-order valence-corrected chi connectivity index (χ2v) is 8.58. The molecule has 5 rings (SSSR count). The summed E-state index contributed by atoms with van der Waals surface area (Å²) in [6.07, 6.45) is 3.10. The molecule has 8 nitrogen and oxygen atoms in total. The molecule has 34 heavy (non-hydrogen) atoms. The van der Waals surface area contributed by atoms with Crippen LogP contribution in [0.15, 0.2) is 42.6 Å². The van der Waals surface area contributed by atoms with Crippen molar-refractivity contribution in [1.82, 2.24) is 15.0 Å². The van der Waals surface area contributed by atoms with Crippen LogP contribution in [0.3, 0.4) is 0 Å². The molecule has 3 aromatic rings. The van der Waals surface area contributed by atoms with Crippen molar-refractivity contribution in [2.75, 3.05) is 67.2 Å². The van der Waals surface area contributed by atoms with Crippen LogP contribution in [0.1, 0.15) is 5.56 Å². The second-order valence-electron chi connectivity index (χ2n) is 8.17. The quantitative estimate of drug-likeness (QED) is 0.558. The molecule has 0 unspecified atom stereocenters. The molecule has 0 spiro atoms. The van der Waals surface area contributed by atoms with Gasteiger partial charge in [-0.3, -0.25) is 0 Å². The van der Waals surface area contributed by atoms with Gasteiger partial charge in [0.05, 0.1) is 23.9 Å². The van der Waals surface area contributed by atoms with Crippen LogP contribution >= 0.6 is 11.6 Å². The lowest BCUT2D eigenvalue weighted by Crippen LogP contribution is -2.47. The third-order valence-electron chi connectivity index (χ3n) is 6.09. The number of nitrogens with zero attached hydrogens (tertiary/aromatic N) is 6. The number of piperazine rings is 1. The number of nitrogens with one attached hydrogen (secondary N) is 1. The molecule has 4 heterocycles. The Hall–Kier alpha value is -3.30. The van der Waals surface area contributed by atoms with E-state index in [-0.39, 0.29) is 5.02 Å². The Bertz CT molecular complexity index is 1180. The number of benzene rings is 1. The van der Waals surface area contributed by atoms with E-state index in [4.69, 9.17) is 31.7 Å². The third-order valence-corrected chi connectivity index (χ3v) is 6.38. The maximum atomic E-state index is 13.8. The van der Waals surface area contributed by atoms with Gasteiger partial charge in [0.2, 0.25) is 5.95 Å². The molecule has 1 aromatic carbocycles. The third kappa shape index (κ3) is 4.67. The molecule has 0 radical (unpaired) electrons. The van der Waals surface area contributed by atoms with Crippen molar-refractivity contribution in [3.63, 3.8) is 0 Å². The summed E-state index contributed by atoms with van der Waals surface area (Å²) in [4.78, 5) is 20.7. The van der Waals surface area contributed by atoms with Crippen molar-refractivity contribution in [2.24, 2.45) is 0 Å². The summed E-state index contributed by atoms with van der Waals surface area (Å²) in [5, 5.41) is 7.73. The molecule has 2 aliphatic heterocycles. The van der Waals surface area contributed by atoms with Crippen molar-refractivity contribution in [2.45, 2.75) is 0 Å². The lowest BCUT2D eigenvalue weighted by atomic mass is 10.1. The molecule has 2 fully saturated rings. The fraction of sp³-hybridized carbons (Fsp3) is 0.333. The minimum atomic E-state index is -0.456. The average Bonchev–Trinajstić information content (AvgIpc) is 2.90. The SMILES string of the molecule is N=Cc1cccnc1N1CCN(c2cc(-c3ccc(F)c(Cl)c3)nc(N3CCOCC3)n2)CC1. The van der Waals surface area contributed by atoms with E-state index in [1.165, 1.54) is 12.3 Å². The molecule has 0 atom stereocenters. The zero-order chi connectivity index (χ0) is 23.5. The first-order valence-corrected chi connectivity index (χ1v) is 11.6. The lowest BCUT2D eigenvalue weighted by Gasteiger charge is -2.37. The Balaban J connectivity index is 1.43. The number of rotatable bonds is 5. The van der Waals surface area contributed by atoms with Gasteiger partial charge in [0.1, 0.15) is 17.5 Å². The van der Waals surface area contributed by atoms with Crippen molar-refractivity contribution >= 4 is 35.4 Å². The van der Waals surface area contributed by atoms with Gasteiger partial charge in [-0.25, -0.2) is 14.4 Å².